The molecule has 9 nitrogen and oxygen atoms in total. The second-order valence-electron chi connectivity index (χ2n) is 7.50. The summed E-state index contributed by atoms with van der Waals surface area (Å²) in [6.07, 6.45) is -1.08. The molecule has 0 radical (unpaired) electrons. The Morgan fingerprint density at radius 3 is 2.57 bits per heavy atom. The average Bonchev–Trinajstić information content (AvgIpc) is 3.08. The number of hydrogen-bond donors (Lipinski definition) is 4. The highest BCUT2D eigenvalue weighted by molar-refractivity contribution is 7.99. The Morgan fingerprint density at radius 1 is 1.36 bits per heavy atom. The zero-order valence-corrected chi connectivity index (χ0v) is 17.8. The number of ether oxygens (including phenoxy) is 1. The van der Waals surface area contributed by atoms with E-state index in [1.54, 1.807) is 13.2 Å². The van der Waals surface area contributed by atoms with Gasteiger partial charge in [-0.1, -0.05) is 13.3 Å². The molecular weight excluding hydrogens is 410 g/mol. The minimum Gasteiger partial charge on any atom is -0.388 e. The van der Waals surface area contributed by atoms with Crippen molar-refractivity contribution in [2.24, 2.45) is 11.2 Å². The van der Waals surface area contributed by atoms with Gasteiger partial charge in [0, 0.05) is 6.54 Å². The number of nitroso groups, excluding NO2 is 1. The number of thioether (sulfide) groups is 1. The number of alkyl halides is 1. The molecule has 11 heteroatoms. The molecule has 2 rings (SSSR count). The molecule has 4 N–H and O–H groups in total. The molecule has 0 aliphatic carbocycles. The summed E-state index contributed by atoms with van der Waals surface area (Å²) in [7, 11) is 0. The lowest BCUT2D eigenvalue weighted by Gasteiger charge is -2.44. The quantitative estimate of drug-likeness (QED) is 0.316. The summed E-state index contributed by atoms with van der Waals surface area (Å²) in [5.41, 5.74) is -0.772. The Bertz CT molecular complexity index is 543. The van der Waals surface area contributed by atoms with Gasteiger partial charge in [-0.05, 0) is 31.9 Å². The van der Waals surface area contributed by atoms with E-state index in [9.17, 15) is 25.0 Å². The van der Waals surface area contributed by atoms with Crippen LogP contribution in [0.1, 0.15) is 33.1 Å². The highest BCUT2D eigenvalue weighted by atomic mass is 35.5. The first-order valence-corrected chi connectivity index (χ1v) is 11.2. The normalized spacial score (nSPS) is 38.1. The number of aliphatic hydroxyl groups is 3. The summed E-state index contributed by atoms with van der Waals surface area (Å²) in [5.74, 6) is -0.215. The van der Waals surface area contributed by atoms with Gasteiger partial charge in [0.1, 0.15) is 35.9 Å². The highest BCUT2D eigenvalue weighted by Crippen LogP contribution is 2.31. The lowest BCUT2D eigenvalue weighted by molar-refractivity contribution is -0.205. The number of nitrogens with one attached hydrogen (secondary N) is 1. The van der Waals surface area contributed by atoms with Gasteiger partial charge in [0.25, 0.3) is 0 Å². The molecule has 9 atom stereocenters. The van der Waals surface area contributed by atoms with E-state index < -0.39 is 53.2 Å². The first-order valence-electron chi connectivity index (χ1n) is 9.51. The summed E-state index contributed by atoms with van der Waals surface area (Å²) in [6.45, 7) is 4.11. The van der Waals surface area contributed by atoms with E-state index in [-0.39, 0.29) is 5.92 Å². The van der Waals surface area contributed by atoms with Crippen LogP contribution >= 0.6 is 23.4 Å². The largest absolute Gasteiger partial charge is 0.388 e. The van der Waals surface area contributed by atoms with Crippen LogP contribution in [0.25, 0.3) is 0 Å². The molecule has 0 unspecified atom stereocenters. The standard InChI is InChI=1S/C17H30ClN3O6S/c1-4-5-9-6-10(21(7-9)20-26)16(25)19-11(8(2)18)15-13(23)12(22)14(24)17(27-15)28-3/h8-15,17,22-24H,4-7H2,1-3H3,(H,19,25)/t8-,9+,10-,11+,12-,13+,14+,15+,17+/m0/s1. The Balaban J connectivity index is 2.13. The molecule has 0 aromatic carbocycles. The second-order valence-corrected chi connectivity index (χ2v) is 9.12. The number of nitrogens with zero attached hydrogens (tertiary/aromatic N) is 2. The van der Waals surface area contributed by atoms with Gasteiger partial charge in [-0.15, -0.1) is 28.3 Å². The van der Waals surface area contributed by atoms with Crippen molar-refractivity contribution < 1.29 is 24.9 Å². The van der Waals surface area contributed by atoms with Gasteiger partial charge in [-0.3, -0.25) is 4.79 Å². The van der Waals surface area contributed by atoms with E-state index in [0.29, 0.717) is 13.0 Å². The van der Waals surface area contributed by atoms with Gasteiger partial charge in [0.2, 0.25) is 5.91 Å². The van der Waals surface area contributed by atoms with Crippen molar-refractivity contribution >= 4 is 29.3 Å². The summed E-state index contributed by atoms with van der Waals surface area (Å²) in [6, 6.07) is -1.54. The van der Waals surface area contributed by atoms with Gasteiger partial charge in [0.05, 0.1) is 16.7 Å². The van der Waals surface area contributed by atoms with Gasteiger partial charge >= 0.3 is 0 Å². The lowest BCUT2D eigenvalue weighted by Crippen LogP contribution is -2.65. The van der Waals surface area contributed by atoms with Crippen LogP contribution in [-0.2, 0) is 9.53 Å². The predicted octanol–water partition coefficient (Wildman–Crippen LogP) is 0.441. The maximum atomic E-state index is 12.9. The molecule has 0 aromatic rings. The maximum absolute atomic E-state index is 12.9. The van der Waals surface area contributed by atoms with Gasteiger partial charge in [-0.25, -0.2) is 5.01 Å². The van der Waals surface area contributed by atoms with E-state index in [4.69, 9.17) is 16.3 Å². The third-order valence-corrected chi connectivity index (χ3v) is 6.59. The van der Waals surface area contributed by atoms with E-state index in [2.05, 4.69) is 10.6 Å². The highest BCUT2D eigenvalue weighted by Gasteiger charge is 2.48. The fourth-order valence-electron chi connectivity index (χ4n) is 3.94. The smallest absolute Gasteiger partial charge is 0.244 e. The molecule has 2 aliphatic rings. The zero-order chi connectivity index (χ0) is 21.0. The number of hydrogen-bond acceptors (Lipinski definition) is 8. The van der Waals surface area contributed by atoms with E-state index in [1.165, 1.54) is 16.8 Å². The van der Waals surface area contributed by atoms with Crippen LogP contribution in [0.2, 0.25) is 0 Å². The maximum Gasteiger partial charge on any atom is 0.244 e. The molecule has 162 valence electrons. The predicted molar refractivity (Wildman–Crippen MR) is 107 cm³/mol. The molecule has 0 saturated carbocycles. The molecular formula is C17H30ClN3O6S. The first kappa shape index (κ1) is 23.6. The van der Waals surface area contributed by atoms with Crippen LogP contribution in [0, 0.1) is 10.8 Å². The monoisotopic (exact) mass is 439 g/mol. The molecule has 0 aromatic heterocycles. The third kappa shape index (κ3) is 5.09. The summed E-state index contributed by atoms with van der Waals surface area (Å²) < 4.78 is 5.74. The number of rotatable bonds is 8. The van der Waals surface area contributed by atoms with Gasteiger partial charge in [-0.2, -0.15) is 0 Å². The number of halogens is 1. The number of carbonyl (C=O) groups is 1. The Hall–Kier alpha value is -0.650. The Labute approximate surface area is 174 Å². The van der Waals surface area contributed by atoms with Crippen LogP contribution in [0.15, 0.2) is 5.29 Å². The fraction of sp³-hybridized carbons (Fsp3) is 0.941. The second kappa shape index (κ2) is 10.4. The third-order valence-electron chi connectivity index (χ3n) is 5.46. The topological polar surface area (TPSA) is 132 Å². The summed E-state index contributed by atoms with van der Waals surface area (Å²) in [5, 5.41) is 36.9. The van der Waals surface area contributed by atoms with Crippen LogP contribution in [0.4, 0.5) is 0 Å². The van der Waals surface area contributed by atoms with Crippen molar-refractivity contribution in [1.82, 2.24) is 10.3 Å². The van der Waals surface area contributed by atoms with Crippen molar-refractivity contribution in [3.8, 4) is 0 Å². The zero-order valence-electron chi connectivity index (χ0n) is 16.3. The molecule has 2 fully saturated rings. The van der Waals surface area contributed by atoms with Crippen molar-refractivity contribution in [3.05, 3.63) is 4.91 Å². The minimum absolute atomic E-state index is 0.208. The van der Waals surface area contributed by atoms with Crippen molar-refractivity contribution in [3.63, 3.8) is 0 Å². The van der Waals surface area contributed by atoms with Crippen molar-refractivity contribution in [1.29, 1.82) is 0 Å². The van der Waals surface area contributed by atoms with Crippen LogP contribution < -0.4 is 5.32 Å². The summed E-state index contributed by atoms with van der Waals surface area (Å²) >= 11 is 7.44. The number of aliphatic hydroxyl groups excluding tert-OH is 3. The van der Waals surface area contributed by atoms with Crippen LogP contribution in [-0.4, -0.2) is 86.3 Å². The summed E-state index contributed by atoms with van der Waals surface area (Å²) in [4.78, 5) is 24.0. The molecule has 28 heavy (non-hydrogen) atoms. The van der Waals surface area contributed by atoms with Crippen LogP contribution in [0.3, 0.4) is 0 Å². The van der Waals surface area contributed by atoms with Gasteiger partial charge in [0.15, 0.2) is 0 Å². The number of carbonyl (C=O) groups excluding carboxylic acids is 1. The van der Waals surface area contributed by atoms with E-state index >= 15 is 0 Å². The number of amides is 1. The minimum atomic E-state index is -1.43. The fourth-order valence-corrected chi connectivity index (χ4v) is 4.82. The lowest BCUT2D eigenvalue weighted by atomic mass is 9.92. The molecule has 2 aliphatic heterocycles. The first-order chi connectivity index (χ1) is 13.2. The Kier molecular flexibility index (Phi) is 8.78. The SMILES string of the molecule is CCC[C@@H]1C[C@@H](C(=O)N[C@@H]([C@H]2O[C@H](SC)[C@H](O)[C@@H](O)[C@H]2O)[C@H](C)Cl)N(N=O)C1. The molecule has 1 amide bonds. The Morgan fingerprint density at radius 2 is 2.04 bits per heavy atom. The van der Waals surface area contributed by atoms with Crippen LogP contribution in [0.5, 0.6) is 0 Å². The molecule has 0 spiro atoms. The van der Waals surface area contributed by atoms with Crippen molar-refractivity contribution in [2.45, 2.75) is 80.4 Å². The molecule has 2 saturated heterocycles. The van der Waals surface area contributed by atoms with E-state index in [0.717, 1.165) is 12.8 Å². The van der Waals surface area contributed by atoms with Gasteiger partial charge < -0.3 is 25.4 Å². The molecule has 2 heterocycles. The molecule has 0 bridgehead atoms. The van der Waals surface area contributed by atoms with Crippen molar-refractivity contribution in [2.75, 3.05) is 12.8 Å². The van der Waals surface area contributed by atoms with E-state index in [1.807, 2.05) is 6.92 Å². The average molecular weight is 440 g/mol.